The Morgan fingerprint density at radius 3 is 2.51 bits per heavy atom. The van der Waals surface area contributed by atoms with Gasteiger partial charge >= 0.3 is 0 Å². The predicted octanol–water partition coefficient (Wildman–Crippen LogP) is -0.818. The van der Waals surface area contributed by atoms with Crippen molar-refractivity contribution in [2.75, 3.05) is 52.4 Å². The van der Waals surface area contributed by atoms with E-state index in [1.165, 1.54) is 0 Å². The van der Waals surface area contributed by atoms with Crippen LogP contribution in [-0.4, -0.2) is 110 Å². The van der Waals surface area contributed by atoms with Crippen LogP contribution in [0.4, 0.5) is 4.39 Å². The highest BCUT2D eigenvalue weighted by Crippen LogP contribution is 2.39. The van der Waals surface area contributed by atoms with E-state index in [0.29, 0.717) is 23.8 Å². The number of nitrogens with two attached hydrogens (primary N) is 1. The van der Waals surface area contributed by atoms with Gasteiger partial charge in [0, 0.05) is 63.8 Å². The third kappa shape index (κ3) is 5.27. The molecule has 6 atom stereocenters. The minimum atomic E-state index is -0.973. The Hall–Kier alpha value is -1.37. The van der Waals surface area contributed by atoms with Gasteiger partial charge in [0.1, 0.15) is 6.17 Å². The second-order valence-electron chi connectivity index (χ2n) is 12.3. The molecule has 2 amide bonds. The molecule has 0 aromatic heterocycles. The van der Waals surface area contributed by atoms with Gasteiger partial charge in [-0.25, -0.2) is 14.8 Å². The van der Waals surface area contributed by atoms with Gasteiger partial charge in [0.2, 0.25) is 11.8 Å². The molecule has 6 saturated heterocycles. The van der Waals surface area contributed by atoms with Gasteiger partial charge in [-0.1, -0.05) is 0 Å². The minimum absolute atomic E-state index is 0.0485. The molecular weight excluding hydrogens is 475 g/mol. The molecule has 7 fully saturated rings. The third-order valence-corrected chi connectivity index (χ3v) is 10.2. The zero-order valence-electron chi connectivity index (χ0n) is 21.9. The molecule has 6 aliphatic heterocycles. The first-order valence-corrected chi connectivity index (χ1v) is 14.7. The normalized spacial score (nSPS) is 44.8. The Labute approximate surface area is 219 Å². The summed E-state index contributed by atoms with van der Waals surface area (Å²) >= 11 is 0. The summed E-state index contributed by atoms with van der Waals surface area (Å²) in [7, 11) is 0. The van der Waals surface area contributed by atoms with Gasteiger partial charge in [0.15, 0.2) is 0 Å². The maximum absolute atomic E-state index is 13.8. The molecule has 1 saturated carbocycles. The Kier molecular flexibility index (Phi) is 7.71. The average molecular weight is 521 g/mol. The van der Waals surface area contributed by atoms with Crippen molar-refractivity contribution in [3.63, 3.8) is 0 Å². The molecule has 0 aromatic rings. The monoisotopic (exact) mass is 520 g/mol. The number of rotatable bonds is 4. The molecule has 10 nitrogen and oxygen atoms in total. The molecule has 6 unspecified atom stereocenters. The summed E-state index contributed by atoms with van der Waals surface area (Å²) in [6, 6.07) is 0.488. The first-order valence-electron chi connectivity index (χ1n) is 14.7. The topological polar surface area (TPSA) is 118 Å². The lowest BCUT2D eigenvalue weighted by molar-refractivity contribution is -0.139. The number of hydrogen-bond acceptors (Lipinski definition) is 8. The number of nitrogens with zero attached hydrogens (tertiary/aromatic N) is 3. The van der Waals surface area contributed by atoms with Crippen LogP contribution in [-0.2, 0) is 9.59 Å². The van der Waals surface area contributed by atoms with Gasteiger partial charge in [0.05, 0.1) is 18.2 Å². The van der Waals surface area contributed by atoms with Gasteiger partial charge in [-0.05, 0) is 63.3 Å². The number of fused-ring (bicyclic) bond motifs is 5. The number of piperidine rings is 2. The minimum Gasteiger partial charge on any atom is -0.351 e. The molecular formula is C26H45FN8O2. The van der Waals surface area contributed by atoms with Crippen LogP contribution in [0.3, 0.4) is 0 Å². The largest absolute Gasteiger partial charge is 0.351 e. The van der Waals surface area contributed by atoms with Crippen molar-refractivity contribution in [2.24, 2.45) is 29.4 Å². The summed E-state index contributed by atoms with van der Waals surface area (Å²) in [5.74, 6) is 0.942. The molecule has 11 heteroatoms. The van der Waals surface area contributed by atoms with Crippen LogP contribution in [0.2, 0.25) is 0 Å². The van der Waals surface area contributed by atoms with Gasteiger partial charge in [0.25, 0.3) is 0 Å². The molecule has 0 aromatic carbocycles. The molecule has 6 N–H and O–H groups in total. The van der Waals surface area contributed by atoms with Crippen molar-refractivity contribution in [1.29, 1.82) is 0 Å². The lowest BCUT2D eigenvalue weighted by Gasteiger charge is -2.42. The second-order valence-corrected chi connectivity index (χ2v) is 12.3. The van der Waals surface area contributed by atoms with Gasteiger partial charge in [-0.15, -0.1) is 0 Å². The van der Waals surface area contributed by atoms with Crippen LogP contribution in [0.1, 0.15) is 44.9 Å². The quantitative estimate of drug-likeness (QED) is 0.327. The van der Waals surface area contributed by atoms with Crippen molar-refractivity contribution < 1.29 is 14.0 Å². The van der Waals surface area contributed by atoms with Gasteiger partial charge in [-0.2, -0.15) is 0 Å². The first kappa shape index (κ1) is 25.9. The molecule has 6 heterocycles. The smallest absolute Gasteiger partial charge is 0.229 e. The Bertz CT molecular complexity index is 833. The van der Waals surface area contributed by atoms with Gasteiger partial charge in [-0.3, -0.25) is 14.9 Å². The van der Waals surface area contributed by atoms with E-state index in [4.69, 9.17) is 5.73 Å². The van der Waals surface area contributed by atoms with E-state index in [-0.39, 0.29) is 37.1 Å². The average Bonchev–Trinajstić information content (AvgIpc) is 3.03. The number of carbonyl (C=O) groups excluding carboxylic acids is 2. The Balaban J connectivity index is 1.04. The Morgan fingerprint density at radius 1 is 0.946 bits per heavy atom. The zero-order chi connectivity index (χ0) is 25.5. The van der Waals surface area contributed by atoms with Crippen molar-refractivity contribution in [1.82, 2.24) is 36.2 Å². The molecule has 2 bridgehead atoms. The molecule has 7 rings (SSSR count). The van der Waals surface area contributed by atoms with E-state index in [9.17, 15) is 14.0 Å². The highest BCUT2D eigenvalue weighted by Gasteiger charge is 2.48. The van der Waals surface area contributed by atoms with E-state index >= 15 is 0 Å². The molecule has 208 valence electrons. The first-order chi connectivity index (χ1) is 18.0. The summed E-state index contributed by atoms with van der Waals surface area (Å²) in [6.07, 6.45) is 5.52. The number of carbonyl (C=O) groups is 2. The number of nitrogens with one attached hydrogen (secondary N) is 4. The highest BCUT2D eigenvalue weighted by atomic mass is 19.1. The summed E-state index contributed by atoms with van der Waals surface area (Å²) in [6.45, 7) is 6.38. The van der Waals surface area contributed by atoms with Crippen LogP contribution in [0.5, 0.6) is 0 Å². The summed E-state index contributed by atoms with van der Waals surface area (Å²) < 4.78 is 13.8. The molecule has 0 radical (unpaired) electrons. The van der Waals surface area contributed by atoms with E-state index in [1.807, 2.05) is 0 Å². The van der Waals surface area contributed by atoms with Gasteiger partial charge < -0.3 is 26.2 Å². The van der Waals surface area contributed by atoms with E-state index in [0.717, 1.165) is 84.2 Å². The fraction of sp³-hybridized carbons (Fsp3) is 0.923. The second kappa shape index (κ2) is 11.0. The zero-order valence-corrected chi connectivity index (χ0v) is 21.9. The fourth-order valence-electron chi connectivity index (χ4n) is 8.06. The van der Waals surface area contributed by atoms with Crippen molar-refractivity contribution in [3.05, 3.63) is 0 Å². The number of alkyl halides is 1. The molecule has 1 aliphatic carbocycles. The third-order valence-electron chi connectivity index (χ3n) is 10.2. The van der Waals surface area contributed by atoms with E-state index in [2.05, 4.69) is 31.2 Å². The van der Waals surface area contributed by atoms with Crippen molar-refractivity contribution in [2.45, 2.75) is 75.5 Å². The number of amides is 2. The maximum Gasteiger partial charge on any atom is 0.229 e. The van der Waals surface area contributed by atoms with Crippen LogP contribution < -0.4 is 27.1 Å². The molecule has 0 spiro atoms. The van der Waals surface area contributed by atoms with Crippen LogP contribution in [0.15, 0.2) is 0 Å². The molecule has 7 aliphatic rings. The Morgan fingerprint density at radius 2 is 1.73 bits per heavy atom. The van der Waals surface area contributed by atoms with Crippen molar-refractivity contribution in [3.8, 4) is 0 Å². The maximum atomic E-state index is 13.8. The number of hydrogen-bond donors (Lipinski definition) is 5. The summed E-state index contributed by atoms with van der Waals surface area (Å²) in [5, 5.41) is 11.7. The molecule has 37 heavy (non-hydrogen) atoms. The highest BCUT2D eigenvalue weighted by molar-refractivity contribution is 5.81. The van der Waals surface area contributed by atoms with E-state index < -0.39 is 18.3 Å². The number of hydrazine groups is 1. The van der Waals surface area contributed by atoms with Crippen LogP contribution in [0.25, 0.3) is 0 Å². The SMILES string of the molecule is NC1NN2CC(F)CNC2C1C(=O)NC1CNCCC1C1CCC(C(=O)N2CCN3CCC2CC3)CC1. The fourth-order valence-corrected chi connectivity index (χ4v) is 8.06. The van der Waals surface area contributed by atoms with Crippen LogP contribution in [0, 0.1) is 23.7 Å². The standard InChI is InChI=1S/C26H45FN8O2/c27-18-13-30-24-22(23(28)32-35(24)15-18)25(36)31-21-14-29-8-5-20(21)16-1-3-17(4-2-16)26(37)34-12-11-33-9-6-19(34)7-10-33/h16-24,29-30,32H,1-15,28H2,(H,31,36). The summed E-state index contributed by atoms with van der Waals surface area (Å²) in [5.41, 5.74) is 9.35. The van der Waals surface area contributed by atoms with Crippen molar-refractivity contribution >= 4 is 11.8 Å². The number of halogens is 1. The lowest BCUT2D eigenvalue weighted by Crippen LogP contribution is -2.60. The summed E-state index contributed by atoms with van der Waals surface area (Å²) in [4.78, 5) is 31.6. The van der Waals surface area contributed by atoms with E-state index in [1.54, 1.807) is 5.01 Å². The lowest BCUT2D eigenvalue weighted by atomic mass is 9.71. The predicted molar refractivity (Wildman–Crippen MR) is 138 cm³/mol. The van der Waals surface area contributed by atoms with Crippen LogP contribution >= 0.6 is 0 Å².